The molecule has 0 bridgehead atoms. The van der Waals surface area contributed by atoms with Crippen LogP contribution in [-0.4, -0.2) is 69.2 Å². The molecule has 0 spiro atoms. The van der Waals surface area contributed by atoms with E-state index in [9.17, 15) is 9.59 Å². The van der Waals surface area contributed by atoms with Gasteiger partial charge in [-0.15, -0.1) is 0 Å². The van der Waals surface area contributed by atoms with Crippen molar-refractivity contribution >= 4 is 34.5 Å². The van der Waals surface area contributed by atoms with E-state index in [2.05, 4.69) is 37.7 Å². The number of aromatic nitrogens is 4. The average Bonchev–Trinajstić information content (AvgIpc) is 3.41. The number of carbonyl (C=O) groups is 2. The first-order valence-corrected chi connectivity index (χ1v) is 14.0. The fourth-order valence-corrected chi connectivity index (χ4v) is 5.43. The van der Waals surface area contributed by atoms with Crippen molar-refractivity contribution in [3.8, 4) is 11.5 Å². The van der Waals surface area contributed by atoms with E-state index in [0.29, 0.717) is 54.1 Å². The summed E-state index contributed by atoms with van der Waals surface area (Å²) in [5.74, 6) is 2.22. The predicted octanol–water partition coefficient (Wildman–Crippen LogP) is 4.62. The first-order chi connectivity index (χ1) is 20.0. The Labute approximate surface area is 237 Å². The Hall–Kier alpha value is -4.51. The molecule has 1 unspecified atom stereocenters. The van der Waals surface area contributed by atoms with E-state index in [1.165, 1.54) is 0 Å². The molecule has 0 aliphatic carbocycles. The lowest BCUT2D eigenvalue weighted by Crippen LogP contribution is -2.51. The van der Waals surface area contributed by atoms with Crippen LogP contribution in [0.25, 0.3) is 11.0 Å². The third-order valence-electron chi connectivity index (χ3n) is 7.84. The molecule has 2 aliphatic heterocycles. The summed E-state index contributed by atoms with van der Waals surface area (Å²) < 4.78 is 11.7. The molecule has 2 aliphatic rings. The Balaban J connectivity index is 1.15. The Morgan fingerprint density at radius 2 is 1.90 bits per heavy atom. The molecule has 0 saturated carbocycles. The number of likely N-dealkylation sites (tertiary alicyclic amines) is 1. The molecular formula is C30H33N7O4. The van der Waals surface area contributed by atoms with Crippen molar-refractivity contribution in [3.05, 3.63) is 66.5 Å². The van der Waals surface area contributed by atoms with Crippen LogP contribution in [0, 0.1) is 5.41 Å². The van der Waals surface area contributed by atoms with Crippen LogP contribution in [0.4, 0.5) is 11.6 Å². The molecule has 11 heteroatoms. The largest absolute Gasteiger partial charge is 0.456 e. The van der Waals surface area contributed by atoms with Crippen molar-refractivity contribution in [2.45, 2.75) is 38.6 Å². The lowest BCUT2D eigenvalue weighted by atomic mass is 9.80. The second kappa shape index (κ2) is 11.5. The number of hydrogen-bond acceptors (Lipinski definition) is 8. The van der Waals surface area contributed by atoms with Gasteiger partial charge in [0.05, 0.1) is 5.41 Å². The van der Waals surface area contributed by atoms with Crippen LogP contribution in [0.2, 0.25) is 0 Å². The van der Waals surface area contributed by atoms with E-state index in [-0.39, 0.29) is 23.3 Å². The first-order valence-electron chi connectivity index (χ1n) is 14.0. The number of hydrogen-bond donors (Lipinski definition) is 3. The van der Waals surface area contributed by atoms with E-state index in [4.69, 9.17) is 9.47 Å². The lowest BCUT2D eigenvalue weighted by molar-refractivity contribution is -0.147. The third kappa shape index (κ3) is 5.85. The number of nitrogens with zero attached hydrogens (tertiary/aromatic N) is 4. The number of ether oxygens (including phenoxy) is 2. The number of pyridine rings is 2. The number of fused-ring (bicyclic) bond motifs is 1. The quantitative estimate of drug-likeness (QED) is 0.301. The highest BCUT2D eigenvalue weighted by molar-refractivity contribution is 6.03. The van der Waals surface area contributed by atoms with E-state index < -0.39 is 0 Å². The number of nitrogens with one attached hydrogen (secondary N) is 3. The predicted molar refractivity (Wildman–Crippen MR) is 154 cm³/mol. The molecule has 2 saturated heterocycles. The van der Waals surface area contributed by atoms with Gasteiger partial charge in [0.25, 0.3) is 5.91 Å². The minimum absolute atomic E-state index is 0.0487. The maximum Gasteiger partial charge on any atom is 0.256 e. The van der Waals surface area contributed by atoms with Crippen molar-refractivity contribution < 1.29 is 19.1 Å². The van der Waals surface area contributed by atoms with Crippen LogP contribution in [0.1, 0.15) is 43.0 Å². The molecule has 5 heterocycles. The van der Waals surface area contributed by atoms with Gasteiger partial charge in [-0.1, -0.05) is 13.0 Å². The fraction of sp³-hybridized carbons (Fsp3) is 0.367. The molecule has 1 atom stereocenters. The van der Waals surface area contributed by atoms with Gasteiger partial charge in [0, 0.05) is 56.4 Å². The topological polar surface area (TPSA) is 134 Å². The zero-order valence-corrected chi connectivity index (χ0v) is 22.9. The normalized spacial score (nSPS) is 18.6. The zero-order chi connectivity index (χ0) is 28.2. The summed E-state index contributed by atoms with van der Waals surface area (Å²) in [4.78, 5) is 36.5. The molecule has 6 rings (SSSR count). The molecule has 11 nitrogen and oxygen atoms in total. The number of carbonyl (C=O) groups excluding carboxylic acids is 2. The van der Waals surface area contributed by atoms with Crippen molar-refractivity contribution in [2.75, 3.05) is 36.9 Å². The summed E-state index contributed by atoms with van der Waals surface area (Å²) in [5, 5.41) is 14.5. The van der Waals surface area contributed by atoms with Crippen LogP contribution in [0.5, 0.6) is 11.5 Å². The molecule has 0 radical (unpaired) electrons. The van der Waals surface area contributed by atoms with Gasteiger partial charge in [0.2, 0.25) is 5.91 Å². The minimum atomic E-state index is -0.362. The monoisotopic (exact) mass is 555 g/mol. The smallest absolute Gasteiger partial charge is 0.256 e. The maximum absolute atomic E-state index is 13.4. The van der Waals surface area contributed by atoms with Crippen LogP contribution in [-0.2, 0) is 9.53 Å². The highest BCUT2D eigenvalue weighted by Crippen LogP contribution is 2.35. The number of benzene rings is 1. The SMILES string of the molecule is CC1(C(=O)N2CCCC(Nc3n[nH]c4nccc(Oc5ccc(C(=O)Nc6ccccn6)cc5)c34)C2)CCOCC1. The van der Waals surface area contributed by atoms with Crippen LogP contribution < -0.4 is 15.4 Å². The lowest BCUT2D eigenvalue weighted by Gasteiger charge is -2.40. The van der Waals surface area contributed by atoms with Gasteiger partial charge in [-0.05, 0) is 62.1 Å². The number of H-pyrrole nitrogens is 1. The molecule has 1 aromatic carbocycles. The Bertz CT molecular complexity index is 1520. The Morgan fingerprint density at radius 1 is 1.07 bits per heavy atom. The number of anilines is 2. The second-order valence-corrected chi connectivity index (χ2v) is 10.8. The van der Waals surface area contributed by atoms with Gasteiger partial charge in [0.15, 0.2) is 11.5 Å². The van der Waals surface area contributed by atoms with E-state index in [1.54, 1.807) is 54.9 Å². The van der Waals surface area contributed by atoms with Crippen molar-refractivity contribution in [1.29, 1.82) is 0 Å². The van der Waals surface area contributed by atoms with Crippen molar-refractivity contribution in [2.24, 2.45) is 5.41 Å². The number of amides is 2. The first kappa shape index (κ1) is 26.7. The standard InChI is InChI=1S/C30H33N7O4/c1-30(12-17-40-18-13-30)29(39)37-16-4-5-21(19-37)33-27-25-23(11-15-32-26(25)35-36-27)41-22-9-7-20(8-10-22)28(38)34-24-6-2-3-14-31-24/h2-3,6-11,14-15,21H,4-5,12-13,16-19H2,1H3,(H,31,34,38)(H2,32,33,35,36). The zero-order valence-electron chi connectivity index (χ0n) is 22.9. The Kier molecular flexibility index (Phi) is 7.51. The molecule has 4 aromatic rings. The van der Waals surface area contributed by atoms with E-state index in [1.807, 2.05) is 11.0 Å². The van der Waals surface area contributed by atoms with Gasteiger partial charge in [-0.25, -0.2) is 9.97 Å². The molecular weight excluding hydrogens is 522 g/mol. The van der Waals surface area contributed by atoms with E-state index in [0.717, 1.165) is 37.6 Å². The molecule has 3 N–H and O–H groups in total. The van der Waals surface area contributed by atoms with Gasteiger partial charge in [-0.3, -0.25) is 14.7 Å². The highest BCUT2D eigenvalue weighted by Gasteiger charge is 2.39. The van der Waals surface area contributed by atoms with Crippen LogP contribution >= 0.6 is 0 Å². The highest BCUT2D eigenvalue weighted by atomic mass is 16.5. The van der Waals surface area contributed by atoms with Gasteiger partial charge in [-0.2, -0.15) is 5.10 Å². The minimum Gasteiger partial charge on any atom is -0.456 e. The third-order valence-corrected chi connectivity index (χ3v) is 7.84. The molecule has 3 aromatic heterocycles. The average molecular weight is 556 g/mol. The van der Waals surface area contributed by atoms with Crippen molar-refractivity contribution in [1.82, 2.24) is 25.1 Å². The number of aromatic amines is 1. The molecule has 2 amide bonds. The number of piperidine rings is 1. The van der Waals surface area contributed by atoms with Gasteiger partial charge >= 0.3 is 0 Å². The fourth-order valence-electron chi connectivity index (χ4n) is 5.43. The molecule has 2 fully saturated rings. The van der Waals surface area contributed by atoms with Gasteiger partial charge < -0.3 is 25.0 Å². The Morgan fingerprint density at radius 3 is 2.68 bits per heavy atom. The summed E-state index contributed by atoms with van der Waals surface area (Å²) in [6.45, 7) is 4.70. The van der Waals surface area contributed by atoms with Crippen LogP contribution in [0.15, 0.2) is 60.9 Å². The number of rotatable bonds is 7. The maximum atomic E-state index is 13.4. The summed E-state index contributed by atoms with van der Waals surface area (Å²) >= 11 is 0. The van der Waals surface area contributed by atoms with Crippen LogP contribution in [0.3, 0.4) is 0 Å². The summed E-state index contributed by atoms with van der Waals surface area (Å²) in [7, 11) is 0. The molecule has 212 valence electrons. The molecule has 41 heavy (non-hydrogen) atoms. The summed E-state index contributed by atoms with van der Waals surface area (Å²) in [5.41, 5.74) is 0.716. The van der Waals surface area contributed by atoms with E-state index >= 15 is 0 Å². The van der Waals surface area contributed by atoms with Gasteiger partial charge in [0.1, 0.15) is 22.7 Å². The summed E-state index contributed by atoms with van der Waals surface area (Å²) in [6.07, 6.45) is 6.64. The summed E-state index contributed by atoms with van der Waals surface area (Å²) in [6, 6.07) is 14.1. The van der Waals surface area contributed by atoms with Crippen molar-refractivity contribution in [3.63, 3.8) is 0 Å². The second-order valence-electron chi connectivity index (χ2n) is 10.8.